The largest absolute Gasteiger partial charge is 0.464 e. The van der Waals surface area contributed by atoms with E-state index in [0.29, 0.717) is 25.1 Å². The third kappa shape index (κ3) is 2.97. The van der Waals surface area contributed by atoms with Crippen molar-refractivity contribution in [3.05, 3.63) is 53.3 Å². The predicted molar refractivity (Wildman–Crippen MR) is 83.6 cm³/mol. The number of esters is 1. The highest BCUT2D eigenvalue weighted by Gasteiger charge is 2.36. The molecule has 1 aliphatic rings. The molecular formula is C17H19N3O3. The fourth-order valence-electron chi connectivity index (χ4n) is 2.88. The molecule has 0 saturated carbocycles. The number of rotatable bonds is 3. The van der Waals surface area contributed by atoms with Crippen molar-refractivity contribution >= 4 is 11.9 Å². The molecule has 0 bridgehead atoms. The lowest BCUT2D eigenvalue weighted by atomic mass is 9.93. The first-order chi connectivity index (χ1) is 11.1. The SMILES string of the molecule is CCOC(=O)C1Cc2ccccc2CN1C(=O)c1cnn(C)c1. The van der Waals surface area contributed by atoms with Crippen molar-refractivity contribution in [1.82, 2.24) is 14.7 Å². The third-order valence-corrected chi connectivity index (χ3v) is 4.02. The van der Waals surface area contributed by atoms with Gasteiger partial charge in [0.05, 0.1) is 18.4 Å². The van der Waals surface area contributed by atoms with Gasteiger partial charge in [-0.15, -0.1) is 0 Å². The summed E-state index contributed by atoms with van der Waals surface area (Å²) in [6, 6.07) is 7.27. The van der Waals surface area contributed by atoms with Crippen LogP contribution in [0.15, 0.2) is 36.7 Å². The van der Waals surface area contributed by atoms with Gasteiger partial charge in [-0.05, 0) is 18.1 Å². The fourth-order valence-corrected chi connectivity index (χ4v) is 2.88. The highest BCUT2D eigenvalue weighted by molar-refractivity contribution is 5.96. The predicted octanol–water partition coefficient (Wildman–Crippen LogP) is 1.55. The Bertz CT molecular complexity index is 738. The van der Waals surface area contributed by atoms with Gasteiger partial charge >= 0.3 is 5.97 Å². The third-order valence-electron chi connectivity index (χ3n) is 4.02. The summed E-state index contributed by atoms with van der Waals surface area (Å²) in [6.07, 6.45) is 3.65. The Morgan fingerprint density at radius 1 is 1.30 bits per heavy atom. The number of carbonyl (C=O) groups excluding carboxylic acids is 2. The Labute approximate surface area is 134 Å². The van der Waals surface area contributed by atoms with Crippen LogP contribution in [0.3, 0.4) is 0 Å². The van der Waals surface area contributed by atoms with Crippen molar-refractivity contribution in [2.24, 2.45) is 7.05 Å². The van der Waals surface area contributed by atoms with Crippen LogP contribution in [0.5, 0.6) is 0 Å². The van der Waals surface area contributed by atoms with Gasteiger partial charge in [0.25, 0.3) is 5.91 Å². The maximum Gasteiger partial charge on any atom is 0.329 e. The van der Waals surface area contributed by atoms with Gasteiger partial charge in [0.1, 0.15) is 6.04 Å². The van der Waals surface area contributed by atoms with Gasteiger partial charge in [0.2, 0.25) is 0 Å². The number of carbonyl (C=O) groups is 2. The zero-order valence-corrected chi connectivity index (χ0v) is 13.2. The summed E-state index contributed by atoms with van der Waals surface area (Å²) in [6.45, 7) is 2.46. The van der Waals surface area contributed by atoms with E-state index in [0.717, 1.165) is 11.1 Å². The van der Waals surface area contributed by atoms with Gasteiger partial charge in [-0.25, -0.2) is 4.79 Å². The molecule has 1 unspecified atom stereocenters. The van der Waals surface area contributed by atoms with Gasteiger partial charge in [-0.1, -0.05) is 24.3 Å². The van der Waals surface area contributed by atoms with Crippen LogP contribution in [-0.4, -0.2) is 39.2 Å². The molecule has 0 aliphatic carbocycles. The first-order valence-electron chi connectivity index (χ1n) is 7.63. The molecule has 3 rings (SSSR count). The number of fused-ring (bicyclic) bond motifs is 1. The van der Waals surface area contributed by atoms with Crippen LogP contribution in [-0.2, 0) is 29.5 Å². The van der Waals surface area contributed by atoms with Crippen molar-refractivity contribution in [1.29, 1.82) is 0 Å². The van der Waals surface area contributed by atoms with Gasteiger partial charge in [0, 0.05) is 26.2 Å². The average Bonchev–Trinajstić information content (AvgIpc) is 2.99. The van der Waals surface area contributed by atoms with Gasteiger partial charge in [0.15, 0.2) is 0 Å². The molecule has 0 saturated heterocycles. The second-order valence-electron chi connectivity index (χ2n) is 5.58. The zero-order valence-electron chi connectivity index (χ0n) is 13.2. The summed E-state index contributed by atoms with van der Waals surface area (Å²) in [4.78, 5) is 26.7. The van der Waals surface area contributed by atoms with E-state index < -0.39 is 6.04 Å². The van der Waals surface area contributed by atoms with E-state index in [-0.39, 0.29) is 11.9 Å². The lowest BCUT2D eigenvalue weighted by Crippen LogP contribution is -2.49. The lowest BCUT2D eigenvalue weighted by molar-refractivity contribution is -0.149. The zero-order chi connectivity index (χ0) is 16.4. The smallest absolute Gasteiger partial charge is 0.329 e. The van der Waals surface area contributed by atoms with Gasteiger partial charge in [-0.2, -0.15) is 5.10 Å². The minimum Gasteiger partial charge on any atom is -0.464 e. The number of ether oxygens (including phenoxy) is 1. The number of nitrogens with zero attached hydrogens (tertiary/aromatic N) is 3. The van der Waals surface area contributed by atoms with Crippen molar-refractivity contribution in [3.63, 3.8) is 0 Å². The van der Waals surface area contributed by atoms with Gasteiger partial charge < -0.3 is 9.64 Å². The standard InChI is InChI=1S/C17H19N3O3/c1-3-23-17(22)15-8-12-6-4-5-7-13(12)11-20(15)16(21)14-9-18-19(2)10-14/h4-7,9-10,15H,3,8,11H2,1-2H3. The van der Waals surface area contributed by atoms with E-state index in [9.17, 15) is 9.59 Å². The molecule has 120 valence electrons. The normalized spacial score (nSPS) is 16.8. The molecule has 23 heavy (non-hydrogen) atoms. The molecule has 1 aromatic heterocycles. The Hall–Kier alpha value is -2.63. The highest BCUT2D eigenvalue weighted by Crippen LogP contribution is 2.25. The fraction of sp³-hybridized carbons (Fsp3) is 0.353. The number of amides is 1. The topological polar surface area (TPSA) is 64.4 Å². The number of hydrogen-bond acceptors (Lipinski definition) is 4. The Morgan fingerprint density at radius 2 is 2.04 bits per heavy atom. The Morgan fingerprint density at radius 3 is 2.70 bits per heavy atom. The second kappa shape index (κ2) is 6.24. The van der Waals surface area contributed by atoms with E-state index in [1.807, 2.05) is 24.3 Å². The molecule has 0 fully saturated rings. The van der Waals surface area contributed by atoms with Crippen LogP contribution < -0.4 is 0 Å². The van der Waals surface area contributed by atoms with E-state index in [1.165, 1.54) is 6.20 Å². The van der Waals surface area contributed by atoms with Crippen molar-refractivity contribution < 1.29 is 14.3 Å². The summed E-state index contributed by atoms with van der Waals surface area (Å²) in [5.41, 5.74) is 2.62. The molecule has 2 aromatic rings. The monoisotopic (exact) mass is 313 g/mol. The molecule has 6 nitrogen and oxygen atoms in total. The first-order valence-corrected chi connectivity index (χ1v) is 7.63. The second-order valence-corrected chi connectivity index (χ2v) is 5.58. The van der Waals surface area contributed by atoms with Crippen LogP contribution in [0.4, 0.5) is 0 Å². The van der Waals surface area contributed by atoms with E-state index in [4.69, 9.17) is 4.74 Å². The number of aryl methyl sites for hydroxylation is 1. The minimum absolute atomic E-state index is 0.203. The summed E-state index contributed by atoms with van der Waals surface area (Å²) in [7, 11) is 1.76. The summed E-state index contributed by atoms with van der Waals surface area (Å²) in [5, 5.41) is 4.04. The number of aromatic nitrogens is 2. The molecule has 2 heterocycles. The average molecular weight is 313 g/mol. The number of hydrogen-bond donors (Lipinski definition) is 0. The molecular weight excluding hydrogens is 294 g/mol. The molecule has 6 heteroatoms. The van der Waals surface area contributed by atoms with Crippen molar-refractivity contribution in [2.45, 2.75) is 25.9 Å². The molecule has 1 aliphatic heterocycles. The minimum atomic E-state index is -0.599. The van der Waals surface area contributed by atoms with E-state index in [2.05, 4.69) is 5.10 Å². The molecule has 0 radical (unpaired) electrons. The van der Waals surface area contributed by atoms with E-state index >= 15 is 0 Å². The van der Waals surface area contributed by atoms with Crippen LogP contribution in [0.1, 0.15) is 28.4 Å². The Balaban J connectivity index is 1.94. The Kier molecular flexibility index (Phi) is 4.14. The van der Waals surface area contributed by atoms with E-state index in [1.54, 1.807) is 29.7 Å². The van der Waals surface area contributed by atoms with Crippen molar-refractivity contribution in [3.8, 4) is 0 Å². The summed E-state index contributed by atoms with van der Waals surface area (Å²) < 4.78 is 6.74. The highest BCUT2D eigenvalue weighted by atomic mass is 16.5. The summed E-state index contributed by atoms with van der Waals surface area (Å²) >= 11 is 0. The van der Waals surface area contributed by atoms with Crippen LogP contribution in [0, 0.1) is 0 Å². The lowest BCUT2D eigenvalue weighted by Gasteiger charge is -2.35. The maximum absolute atomic E-state index is 12.8. The van der Waals surface area contributed by atoms with Crippen LogP contribution in [0.2, 0.25) is 0 Å². The molecule has 1 aromatic carbocycles. The van der Waals surface area contributed by atoms with Gasteiger partial charge in [-0.3, -0.25) is 9.48 Å². The maximum atomic E-state index is 12.8. The molecule has 1 amide bonds. The quantitative estimate of drug-likeness (QED) is 0.807. The molecule has 1 atom stereocenters. The molecule has 0 spiro atoms. The first kappa shape index (κ1) is 15.3. The van der Waals surface area contributed by atoms with Crippen LogP contribution in [0.25, 0.3) is 0 Å². The van der Waals surface area contributed by atoms with Crippen molar-refractivity contribution in [2.75, 3.05) is 6.61 Å². The summed E-state index contributed by atoms with van der Waals surface area (Å²) in [5.74, 6) is -0.565. The van der Waals surface area contributed by atoms with Crippen LogP contribution >= 0.6 is 0 Å². The molecule has 0 N–H and O–H groups in total. The number of benzene rings is 1.